The highest BCUT2D eigenvalue weighted by Gasteiger charge is 2.07. The van der Waals surface area contributed by atoms with Crippen LogP contribution in [0.2, 0.25) is 0 Å². The largest absolute Gasteiger partial charge is 0.370 e. The molecule has 0 aliphatic carbocycles. The van der Waals surface area contributed by atoms with E-state index >= 15 is 0 Å². The molecule has 5 heteroatoms. The van der Waals surface area contributed by atoms with Crippen molar-refractivity contribution in [3.05, 3.63) is 56.5 Å². The molecular weight excluding hydrogens is 318 g/mol. The zero-order valence-corrected chi connectivity index (χ0v) is 13.3. The van der Waals surface area contributed by atoms with Crippen molar-refractivity contribution in [1.82, 2.24) is 9.55 Å². The van der Waals surface area contributed by atoms with Crippen LogP contribution in [0.25, 0.3) is 0 Å². The van der Waals surface area contributed by atoms with E-state index in [4.69, 9.17) is 0 Å². The summed E-state index contributed by atoms with van der Waals surface area (Å²) in [4.78, 5) is 16.5. The Kier molecular flexibility index (Phi) is 4.95. The molecule has 0 spiro atoms. The van der Waals surface area contributed by atoms with Gasteiger partial charge in [-0.05, 0) is 41.4 Å². The molecule has 106 valence electrons. The van der Waals surface area contributed by atoms with Gasteiger partial charge in [0.25, 0.3) is 5.56 Å². The summed E-state index contributed by atoms with van der Waals surface area (Å²) in [6.45, 7) is 5.32. The molecule has 2 aromatic rings. The molecule has 0 unspecified atom stereocenters. The summed E-state index contributed by atoms with van der Waals surface area (Å²) in [6, 6.07) is 5.72. The lowest BCUT2D eigenvalue weighted by atomic mass is 10.2. The molecule has 2 rings (SSSR count). The van der Waals surface area contributed by atoms with Gasteiger partial charge < -0.3 is 9.88 Å². The van der Waals surface area contributed by atoms with Gasteiger partial charge in [0.1, 0.15) is 5.82 Å². The average molecular weight is 336 g/mol. The molecule has 2 aromatic heterocycles. The molecule has 1 N–H and O–H groups in total. The van der Waals surface area contributed by atoms with Crippen LogP contribution in [-0.2, 0) is 6.54 Å². The van der Waals surface area contributed by atoms with Crippen LogP contribution in [0.1, 0.15) is 24.5 Å². The maximum absolute atomic E-state index is 12.2. The summed E-state index contributed by atoms with van der Waals surface area (Å²) in [6.07, 6.45) is 4.61. The molecule has 0 fully saturated rings. The molecule has 4 nitrogen and oxygen atoms in total. The summed E-state index contributed by atoms with van der Waals surface area (Å²) in [5, 5.41) is 3.29. The van der Waals surface area contributed by atoms with E-state index in [0.29, 0.717) is 6.54 Å². The van der Waals surface area contributed by atoms with E-state index in [1.54, 1.807) is 10.8 Å². The first-order chi connectivity index (χ1) is 9.61. The Morgan fingerprint density at radius 3 is 3.00 bits per heavy atom. The Labute approximate surface area is 127 Å². The molecule has 0 aliphatic rings. The van der Waals surface area contributed by atoms with E-state index in [-0.39, 0.29) is 5.56 Å². The van der Waals surface area contributed by atoms with Crippen molar-refractivity contribution in [2.45, 2.75) is 26.8 Å². The SMILES string of the molecule is CCCNc1ncccc1Cn1cc(Br)cc(C)c1=O. The quantitative estimate of drug-likeness (QED) is 0.912. The van der Waals surface area contributed by atoms with Gasteiger partial charge in [-0.2, -0.15) is 0 Å². The Morgan fingerprint density at radius 1 is 1.45 bits per heavy atom. The number of nitrogens with zero attached hydrogens (tertiary/aromatic N) is 2. The van der Waals surface area contributed by atoms with Crippen LogP contribution >= 0.6 is 15.9 Å². The van der Waals surface area contributed by atoms with Gasteiger partial charge in [0.05, 0.1) is 6.54 Å². The minimum atomic E-state index is 0.0264. The molecule has 2 heterocycles. The standard InChI is InChI=1S/C15H18BrN3O/c1-3-6-17-14-12(5-4-7-18-14)9-19-10-13(16)8-11(2)15(19)20/h4-5,7-8,10H,3,6,9H2,1-2H3,(H,17,18). The van der Waals surface area contributed by atoms with Crippen LogP contribution in [0, 0.1) is 6.92 Å². The molecule has 0 bridgehead atoms. The monoisotopic (exact) mass is 335 g/mol. The molecule has 0 atom stereocenters. The van der Waals surface area contributed by atoms with E-state index in [2.05, 4.69) is 33.2 Å². The second-order valence-corrected chi connectivity index (χ2v) is 5.63. The summed E-state index contributed by atoms with van der Waals surface area (Å²) < 4.78 is 2.61. The van der Waals surface area contributed by atoms with E-state index in [1.807, 2.05) is 31.3 Å². The van der Waals surface area contributed by atoms with Crippen molar-refractivity contribution in [3.8, 4) is 0 Å². The molecule has 0 saturated heterocycles. The number of hydrogen-bond acceptors (Lipinski definition) is 3. The van der Waals surface area contributed by atoms with Crippen molar-refractivity contribution in [2.75, 3.05) is 11.9 Å². The summed E-state index contributed by atoms with van der Waals surface area (Å²) in [5.74, 6) is 0.846. The van der Waals surface area contributed by atoms with Crippen molar-refractivity contribution in [2.24, 2.45) is 0 Å². The van der Waals surface area contributed by atoms with Crippen LogP contribution in [0.3, 0.4) is 0 Å². The average Bonchev–Trinajstić information content (AvgIpc) is 2.43. The molecule has 20 heavy (non-hydrogen) atoms. The fraction of sp³-hybridized carbons (Fsp3) is 0.333. The number of rotatable bonds is 5. The van der Waals surface area contributed by atoms with E-state index < -0.39 is 0 Å². The smallest absolute Gasteiger partial charge is 0.253 e. The van der Waals surface area contributed by atoms with E-state index in [0.717, 1.165) is 34.4 Å². The molecule has 0 aromatic carbocycles. The molecular formula is C15H18BrN3O. The van der Waals surface area contributed by atoms with Gasteiger partial charge >= 0.3 is 0 Å². The van der Waals surface area contributed by atoms with Gasteiger partial charge in [-0.1, -0.05) is 13.0 Å². The number of halogens is 1. The Morgan fingerprint density at radius 2 is 2.25 bits per heavy atom. The van der Waals surface area contributed by atoms with E-state index in [1.165, 1.54) is 0 Å². The first kappa shape index (κ1) is 14.8. The highest BCUT2D eigenvalue weighted by Crippen LogP contribution is 2.14. The number of hydrogen-bond donors (Lipinski definition) is 1. The number of nitrogens with one attached hydrogen (secondary N) is 1. The second-order valence-electron chi connectivity index (χ2n) is 4.71. The van der Waals surface area contributed by atoms with Crippen LogP contribution in [0.5, 0.6) is 0 Å². The zero-order valence-electron chi connectivity index (χ0n) is 11.7. The van der Waals surface area contributed by atoms with Crippen molar-refractivity contribution in [3.63, 3.8) is 0 Å². The lowest BCUT2D eigenvalue weighted by molar-refractivity contribution is 0.746. The first-order valence-electron chi connectivity index (χ1n) is 6.66. The first-order valence-corrected chi connectivity index (χ1v) is 7.45. The van der Waals surface area contributed by atoms with Gasteiger partial charge in [-0.25, -0.2) is 4.98 Å². The Bertz CT molecular complexity index is 652. The fourth-order valence-electron chi connectivity index (χ4n) is 2.01. The number of aromatic nitrogens is 2. The fourth-order valence-corrected chi connectivity index (χ4v) is 2.60. The number of aryl methyl sites for hydroxylation is 1. The topological polar surface area (TPSA) is 46.9 Å². The number of pyridine rings is 2. The summed E-state index contributed by atoms with van der Waals surface area (Å²) >= 11 is 3.43. The highest BCUT2D eigenvalue weighted by molar-refractivity contribution is 9.10. The predicted octanol–water partition coefficient (Wildman–Crippen LogP) is 3.18. The maximum Gasteiger partial charge on any atom is 0.253 e. The third-order valence-corrected chi connectivity index (χ3v) is 3.44. The van der Waals surface area contributed by atoms with Gasteiger partial charge in [-0.15, -0.1) is 0 Å². The summed E-state index contributed by atoms with van der Waals surface area (Å²) in [5.41, 5.74) is 1.77. The third-order valence-electron chi connectivity index (χ3n) is 3.01. The van der Waals surface area contributed by atoms with Crippen LogP contribution in [0.15, 0.2) is 39.9 Å². The van der Waals surface area contributed by atoms with Crippen LogP contribution in [-0.4, -0.2) is 16.1 Å². The van der Waals surface area contributed by atoms with Gasteiger partial charge in [0.2, 0.25) is 0 Å². The molecule has 0 saturated carbocycles. The van der Waals surface area contributed by atoms with Crippen molar-refractivity contribution < 1.29 is 0 Å². The van der Waals surface area contributed by atoms with Crippen molar-refractivity contribution in [1.29, 1.82) is 0 Å². The van der Waals surface area contributed by atoms with Crippen LogP contribution in [0.4, 0.5) is 5.82 Å². The molecule has 0 amide bonds. The van der Waals surface area contributed by atoms with Gasteiger partial charge in [0, 0.05) is 34.5 Å². The lowest BCUT2D eigenvalue weighted by Crippen LogP contribution is -2.22. The van der Waals surface area contributed by atoms with Gasteiger partial charge in [0.15, 0.2) is 0 Å². The predicted molar refractivity (Wildman–Crippen MR) is 85.3 cm³/mol. The molecule has 0 aliphatic heterocycles. The highest BCUT2D eigenvalue weighted by atomic mass is 79.9. The normalized spacial score (nSPS) is 10.6. The zero-order chi connectivity index (χ0) is 14.5. The van der Waals surface area contributed by atoms with Crippen LogP contribution < -0.4 is 10.9 Å². The Balaban J connectivity index is 2.33. The summed E-state index contributed by atoms with van der Waals surface area (Å²) in [7, 11) is 0. The van der Waals surface area contributed by atoms with Gasteiger partial charge in [-0.3, -0.25) is 4.79 Å². The number of anilines is 1. The van der Waals surface area contributed by atoms with E-state index in [9.17, 15) is 4.79 Å². The molecule has 0 radical (unpaired) electrons. The maximum atomic E-state index is 12.2. The lowest BCUT2D eigenvalue weighted by Gasteiger charge is -2.12. The third kappa shape index (κ3) is 3.48. The van der Waals surface area contributed by atoms with Crippen molar-refractivity contribution >= 4 is 21.7 Å². The Hall–Kier alpha value is -1.62. The minimum absolute atomic E-state index is 0.0264. The minimum Gasteiger partial charge on any atom is -0.370 e. The second kappa shape index (κ2) is 6.70.